The van der Waals surface area contributed by atoms with Crippen LogP contribution in [0.2, 0.25) is 0 Å². The summed E-state index contributed by atoms with van der Waals surface area (Å²) in [5.74, 6) is 1.80. The molecule has 0 saturated carbocycles. The van der Waals surface area contributed by atoms with Gasteiger partial charge in [0.1, 0.15) is 11.5 Å². The largest absolute Gasteiger partial charge is 0.460 e. The predicted molar refractivity (Wildman–Crippen MR) is 86.0 cm³/mol. The first-order chi connectivity index (χ1) is 9.91. The Morgan fingerprint density at radius 1 is 1.14 bits per heavy atom. The van der Waals surface area contributed by atoms with Crippen LogP contribution in [0.25, 0.3) is 11.3 Å². The number of rotatable bonds is 6. The Bertz CT molecular complexity index is 567. The van der Waals surface area contributed by atoms with Gasteiger partial charge in [0, 0.05) is 11.1 Å². The summed E-state index contributed by atoms with van der Waals surface area (Å²) >= 11 is 0. The van der Waals surface area contributed by atoms with Crippen molar-refractivity contribution in [1.29, 1.82) is 0 Å². The van der Waals surface area contributed by atoms with Crippen molar-refractivity contribution in [1.82, 2.24) is 5.32 Å². The minimum Gasteiger partial charge on any atom is -0.460 e. The topological polar surface area (TPSA) is 45.4 Å². The zero-order valence-electron chi connectivity index (χ0n) is 13.3. The van der Waals surface area contributed by atoms with E-state index in [1.807, 2.05) is 36.4 Å². The molecule has 1 aromatic carbocycles. The maximum atomic E-state index is 9.53. The summed E-state index contributed by atoms with van der Waals surface area (Å²) in [6.45, 7) is 9.04. The molecule has 1 atom stereocenters. The lowest BCUT2D eigenvalue weighted by Gasteiger charge is -2.23. The van der Waals surface area contributed by atoms with Gasteiger partial charge in [0.25, 0.3) is 0 Å². The van der Waals surface area contributed by atoms with Gasteiger partial charge >= 0.3 is 0 Å². The highest BCUT2D eigenvalue weighted by atomic mass is 16.3. The van der Waals surface area contributed by atoms with Gasteiger partial charge in [-0.1, -0.05) is 31.2 Å². The average Bonchev–Trinajstić information content (AvgIpc) is 2.94. The number of aliphatic hydroxyl groups excluding tert-OH is 1. The lowest BCUT2D eigenvalue weighted by atomic mass is 10.0. The van der Waals surface area contributed by atoms with Gasteiger partial charge in [-0.25, -0.2) is 0 Å². The number of furan rings is 1. The zero-order chi connectivity index (χ0) is 15.5. The fraction of sp³-hybridized carbons (Fsp3) is 0.444. The summed E-state index contributed by atoms with van der Waals surface area (Å²) in [4.78, 5) is 0. The Kier molecular flexibility index (Phi) is 4.86. The Balaban J connectivity index is 2.05. The molecule has 0 bridgehead atoms. The van der Waals surface area contributed by atoms with Crippen LogP contribution in [0.15, 0.2) is 40.8 Å². The molecule has 0 spiro atoms. The molecule has 0 aliphatic carbocycles. The molecule has 3 nitrogen and oxygen atoms in total. The Labute approximate surface area is 127 Å². The summed E-state index contributed by atoms with van der Waals surface area (Å²) in [6.07, 6.45) is 0.633. The molecule has 0 radical (unpaired) electrons. The highest BCUT2D eigenvalue weighted by molar-refractivity contribution is 5.58. The van der Waals surface area contributed by atoms with Crippen LogP contribution in [-0.2, 0) is 6.54 Å². The molecule has 0 aliphatic rings. The predicted octanol–water partition coefficient (Wildman–Crippen LogP) is 4.28. The minimum absolute atomic E-state index is 0.117. The van der Waals surface area contributed by atoms with Crippen LogP contribution < -0.4 is 5.32 Å². The monoisotopic (exact) mass is 287 g/mol. The summed E-state index contributed by atoms with van der Waals surface area (Å²) in [5, 5.41) is 13.0. The third-order valence-electron chi connectivity index (χ3n) is 3.96. The highest BCUT2D eigenvalue weighted by Crippen LogP contribution is 2.24. The van der Waals surface area contributed by atoms with E-state index in [1.165, 1.54) is 0 Å². The van der Waals surface area contributed by atoms with E-state index in [9.17, 15) is 5.11 Å². The molecule has 2 aromatic rings. The molecule has 2 N–H and O–H groups in total. The molecule has 1 heterocycles. The van der Waals surface area contributed by atoms with Crippen LogP contribution in [0.3, 0.4) is 0 Å². The zero-order valence-corrected chi connectivity index (χ0v) is 13.3. The molecule has 114 valence electrons. The number of aliphatic hydroxyl groups is 1. The third-order valence-corrected chi connectivity index (χ3v) is 3.96. The van der Waals surface area contributed by atoms with E-state index in [-0.39, 0.29) is 5.54 Å². The second-order valence-electron chi connectivity index (χ2n) is 6.15. The van der Waals surface area contributed by atoms with Gasteiger partial charge in [0.05, 0.1) is 12.6 Å². The molecule has 0 amide bonds. The fourth-order valence-electron chi connectivity index (χ4n) is 2.01. The summed E-state index contributed by atoms with van der Waals surface area (Å²) in [7, 11) is 0. The van der Waals surface area contributed by atoms with Crippen molar-refractivity contribution in [2.45, 2.75) is 52.3 Å². The van der Waals surface area contributed by atoms with E-state index in [1.54, 1.807) is 6.92 Å². The molecule has 1 aromatic heterocycles. The Morgan fingerprint density at radius 3 is 2.38 bits per heavy atom. The van der Waals surface area contributed by atoms with E-state index in [0.29, 0.717) is 0 Å². The molecule has 1 unspecified atom stereocenters. The van der Waals surface area contributed by atoms with Gasteiger partial charge in [-0.2, -0.15) is 0 Å². The van der Waals surface area contributed by atoms with Crippen molar-refractivity contribution in [2.75, 3.05) is 0 Å². The molecule has 2 rings (SSSR count). The van der Waals surface area contributed by atoms with Gasteiger partial charge in [-0.05, 0) is 44.9 Å². The van der Waals surface area contributed by atoms with E-state index < -0.39 is 6.10 Å². The first-order valence-electron chi connectivity index (χ1n) is 7.53. The average molecular weight is 287 g/mol. The fourth-order valence-corrected chi connectivity index (χ4v) is 2.01. The van der Waals surface area contributed by atoms with Crippen LogP contribution in [0, 0.1) is 0 Å². The normalized spacial score (nSPS) is 13.4. The molecule has 21 heavy (non-hydrogen) atoms. The number of hydrogen-bond donors (Lipinski definition) is 2. The standard InChI is InChI=1S/C18H25NO2/c1-5-18(3,4)19-12-16-10-11-17(21-16)15-8-6-14(7-9-15)13(2)20/h6-11,13,19-20H,5,12H2,1-4H3. The first-order valence-corrected chi connectivity index (χ1v) is 7.53. The van der Waals surface area contributed by atoms with E-state index in [0.717, 1.165) is 35.6 Å². The summed E-state index contributed by atoms with van der Waals surface area (Å²) in [6, 6.07) is 11.8. The molecular formula is C18H25NO2. The van der Waals surface area contributed by atoms with Crippen molar-refractivity contribution in [3.8, 4) is 11.3 Å². The van der Waals surface area contributed by atoms with Gasteiger partial charge < -0.3 is 14.8 Å². The molecular weight excluding hydrogens is 262 g/mol. The van der Waals surface area contributed by atoms with Crippen LogP contribution in [0.5, 0.6) is 0 Å². The number of nitrogens with one attached hydrogen (secondary N) is 1. The van der Waals surface area contributed by atoms with E-state index >= 15 is 0 Å². The Hall–Kier alpha value is -1.58. The maximum Gasteiger partial charge on any atom is 0.134 e. The number of hydrogen-bond acceptors (Lipinski definition) is 3. The van der Waals surface area contributed by atoms with Crippen LogP contribution in [0.4, 0.5) is 0 Å². The smallest absolute Gasteiger partial charge is 0.134 e. The van der Waals surface area contributed by atoms with Gasteiger partial charge in [0.15, 0.2) is 0 Å². The summed E-state index contributed by atoms with van der Waals surface area (Å²) < 4.78 is 5.88. The molecule has 0 saturated heterocycles. The van der Waals surface area contributed by atoms with Gasteiger partial charge in [-0.15, -0.1) is 0 Å². The van der Waals surface area contributed by atoms with Crippen LogP contribution in [-0.4, -0.2) is 10.6 Å². The third kappa shape index (κ3) is 4.19. The number of benzene rings is 1. The van der Waals surface area contributed by atoms with Gasteiger partial charge in [-0.3, -0.25) is 0 Å². The van der Waals surface area contributed by atoms with E-state index in [2.05, 4.69) is 26.1 Å². The van der Waals surface area contributed by atoms with E-state index in [4.69, 9.17) is 4.42 Å². The lowest BCUT2D eigenvalue weighted by Crippen LogP contribution is -2.37. The molecule has 0 aliphatic heterocycles. The maximum absolute atomic E-state index is 9.53. The van der Waals surface area contributed by atoms with Crippen molar-refractivity contribution < 1.29 is 9.52 Å². The van der Waals surface area contributed by atoms with Crippen LogP contribution >= 0.6 is 0 Å². The first kappa shape index (κ1) is 15.8. The molecule has 0 fully saturated rings. The van der Waals surface area contributed by atoms with Crippen molar-refractivity contribution in [3.63, 3.8) is 0 Å². The van der Waals surface area contributed by atoms with Crippen LogP contribution in [0.1, 0.15) is 51.5 Å². The summed E-state index contributed by atoms with van der Waals surface area (Å²) in [5.41, 5.74) is 2.06. The second-order valence-corrected chi connectivity index (χ2v) is 6.15. The van der Waals surface area contributed by atoms with Gasteiger partial charge in [0.2, 0.25) is 0 Å². The van der Waals surface area contributed by atoms with Crippen molar-refractivity contribution in [3.05, 3.63) is 47.7 Å². The Morgan fingerprint density at radius 2 is 1.81 bits per heavy atom. The lowest BCUT2D eigenvalue weighted by molar-refractivity contribution is 0.199. The highest BCUT2D eigenvalue weighted by Gasteiger charge is 2.14. The van der Waals surface area contributed by atoms with Crippen molar-refractivity contribution in [2.24, 2.45) is 0 Å². The van der Waals surface area contributed by atoms with Crippen molar-refractivity contribution >= 4 is 0 Å². The quantitative estimate of drug-likeness (QED) is 0.833. The second kappa shape index (κ2) is 6.46. The molecule has 3 heteroatoms. The SMILES string of the molecule is CCC(C)(C)NCc1ccc(-c2ccc(C(C)O)cc2)o1. The minimum atomic E-state index is -0.438.